The molecule has 0 radical (unpaired) electrons. The van der Waals surface area contributed by atoms with Gasteiger partial charge in [0.05, 0.1) is 10.8 Å². The Morgan fingerprint density at radius 2 is 1.33 bits per heavy atom. The smallest absolute Gasteiger partial charge is 0.0585 e. The first-order valence-corrected chi connectivity index (χ1v) is 7.94. The minimum absolute atomic E-state index is 0.125. The van der Waals surface area contributed by atoms with Gasteiger partial charge in [-0.2, -0.15) is 0 Å². The lowest BCUT2D eigenvalue weighted by molar-refractivity contribution is 0.691. The minimum atomic E-state index is 0.125. The van der Waals surface area contributed by atoms with Crippen LogP contribution < -0.4 is 0 Å². The van der Waals surface area contributed by atoms with E-state index >= 15 is 0 Å². The van der Waals surface area contributed by atoms with E-state index in [1.165, 1.54) is 36.8 Å². The van der Waals surface area contributed by atoms with E-state index in [-0.39, 0.29) is 10.8 Å². The van der Waals surface area contributed by atoms with Crippen molar-refractivity contribution in [2.45, 2.75) is 63.1 Å². The molecule has 18 heavy (non-hydrogen) atoms. The van der Waals surface area contributed by atoms with Crippen molar-refractivity contribution in [1.82, 2.24) is 0 Å². The highest BCUT2D eigenvalue weighted by Gasteiger charge is 2.11. The van der Waals surface area contributed by atoms with Gasteiger partial charge in [0.25, 0.3) is 0 Å². The summed E-state index contributed by atoms with van der Waals surface area (Å²) in [5.41, 5.74) is 2.43. The highest BCUT2D eigenvalue weighted by atomic mass is 35.5. The van der Waals surface area contributed by atoms with Gasteiger partial charge < -0.3 is 0 Å². The molecule has 1 aromatic rings. The molecular weight excluding hydrogens is 263 g/mol. The number of alkyl halides is 2. The zero-order valence-corrected chi connectivity index (χ0v) is 13.0. The zero-order valence-electron chi connectivity index (χ0n) is 11.5. The third kappa shape index (κ3) is 5.20. The molecule has 0 nitrogen and oxygen atoms in total. The number of unbranched alkanes of at least 4 members (excludes halogenated alkanes) is 2. The zero-order chi connectivity index (χ0) is 13.4. The Morgan fingerprint density at radius 3 is 1.72 bits per heavy atom. The summed E-state index contributed by atoms with van der Waals surface area (Å²) in [6.07, 6.45) is 6.83. The van der Waals surface area contributed by atoms with E-state index in [1.807, 2.05) is 0 Å². The molecule has 0 aliphatic carbocycles. The minimum Gasteiger partial charge on any atom is -0.118 e. The fourth-order valence-corrected chi connectivity index (χ4v) is 2.63. The van der Waals surface area contributed by atoms with Crippen molar-refractivity contribution in [1.29, 1.82) is 0 Å². The molecule has 0 heterocycles. The molecule has 1 rings (SSSR count). The first-order valence-electron chi connectivity index (χ1n) is 7.07. The van der Waals surface area contributed by atoms with E-state index < -0.39 is 0 Å². The number of hydrogen-bond acceptors (Lipinski definition) is 0. The maximum atomic E-state index is 6.42. The highest BCUT2D eigenvalue weighted by molar-refractivity contribution is 6.21. The van der Waals surface area contributed by atoms with Gasteiger partial charge >= 0.3 is 0 Å². The average molecular weight is 287 g/mol. The number of halogens is 2. The summed E-state index contributed by atoms with van der Waals surface area (Å²) in [4.78, 5) is 0. The van der Waals surface area contributed by atoms with E-state index in [0.717, 1.165) is 12.8 Å². The molecule has 1 aromatic carbocycles. The molecule has 0 bridgehead atoms. The van der Waals surface area contributed by atoms with Crippen LogP contribution in [0.1, 0.15) is 74.3 Å². The maximum Gasteiger partial charge on any atom is 0.0585 e. The lowest BCUT2D eigenvalue weighted by Crippen LogP contribution is -1.95. The molecule has 102 valence electrons. The predicted molar refractivity (Wildman–Crippen MR) is 82.7 cm³/mol. The van der Waals surface area contributed by atoms with E-state index in [2.05, 4.69) is 38.1 Å². The van der Waals surface area contributed by atoms with Crippen molar-refractivity contribution < 1.29 is 0 Å². The van der Waals surface area contributed by atoms with Gasteiger partial charge in [-0.15, -0.1) is 23.2 Å². The molecule has 2 heteroatoms. The van der Waals surface area contributed by atoms with Crippen LogP contribution in [0.4, 0.5) is 0 Å². The second-order valence-corrected chi connectivity index (χ2v) is 5.94. The van der Waals surface area contributed by atoms with Gasteiger partial charge in [0.15, 0.2) is 0 Å². The fourth-order valence-electron chi connectivity index (χ4n) is 2.05. The Kier molecular flexibility index (Phi) is 7.77. The van der Waals surface area contributed by atoms with Crippen molar-refractivity contribution in [3.8, 4) is 0 Å². The van der Waals surface area contributed by atoms with Crippen LogP contribution in [0.25, 0.3) is 0 Å². The monoisotopic (exact) mass is 286 g/mol. The van der Waals surface area contributed by atoms with Crippen molar-refractivity contribution in [3.05, 3.63) is 35.4 Å². The van der Waals surface area contributed by atoms with E-state index in [0.29, 0.717) is 0 Å². The third-order valence-corrected chi connectivity index (χ3v) is 4.20. The first kappa shape index (κ1) is 15.9. The summed E-state index contributed by atoms with van der Waals surface area (Å²) >= 11 is 12.8. The summed E-state index contributed by atoms with van der Waals surface area (Å²) in [6.45, 7) is 4.39. The average Bonchev–Trinajstić information content (AvgIpc) is 2.42. The second-order valence-electron chi connectivity index (χ2n) is 4.89. The number of rotatable bonds is 8. The van der Waals surface area contributed by atoms with Gasteiger partial charge in [-0.1, -0.05) is 63.8 Å². The summed E-state index contributed by atoms with van der Waals surface area (Å²) in [5.74, 6) is 0. The summed E-state index contributed by atoms with van der Waals surface area (Å²) in [7, 11) is 0. The molecule has 0 N–H and O–H groups in total. The molecule has 0 amide bonds. The van der Waals surface area contributed by atoms with Crippen LogP contribution in [0.15, 0.2) is 24.3 Å². The molecule has 0 aliphatic heterocycles. The van der Waals surface area contributed by atoms with Crippen molar-refractivity contribution in [3.63, 3.8) is 0 Å². The fraction of sp³-hybridized carbons (Fsp3) is 0.625. The molecule has 0 aromatic heterocycles. The van der Waals surface area contributed by atoms with Crippen molar-refractivity contribution in [2.75, 3.05) is 0 Å². The molecule has 0 saturated heterocycles. The van der Waals surface area contributed by atoms with Crippen molar-refractivity contribution >= 4 is 23.2 Å². The van der Waals surface area contributed by atoms with Gasteiger partial charge in [0.2, 0.25) is 0 Å². The van der Waals surface area contributed by atoms with Crippen molar-refractivity contribution in [2.24, 2.45) is 0 Å². The summed E-state index contributed by atoms with van der Waals surface area (Å²) in [6, 6.07) is 8.48. The number of benzene rings is 1. The molecule has 0 fully saturated rings. The van der Waals surface area contributed by atoms with Gasteiger partial charge in [0, 0.05) is 0 Å². The Labute approximate surface area is 122 Å². The van der Waals surface area contributed by atoms with Crippen LogP contribution in [0.2, 0.25) is 0 Å². The van der Waals surface area contributed by atoms with Gasteiger partial charge in [0.1, 0.15) is 0 Å². The topological polar surface area (TPSA) is 0 Å². The lowest BCUT2D eigenvalue weighted by Gasteiger charge is -2.14. The first-order chi connectivity index (χ1) is 8.69. The lowest BCUT2D eigenvalue weighted by atomic mass is 10.0. The molecule has 0 aliphatic rings. The SMILES string of the molecule is CCCCC(Cl)c1cccc(C(Cl)CCCC)c1. The second kappa shape index (κ2) is 8.82. The molecule has 0 saturated carbocycles. The van der Waals surface area contributed by atoms with E-state index in [9.17, 15) is 0 Å². The Hall–Kier alpha value is -0.200. The Balaban J connectivity index is 2.66. The van der Waals surface area contributed by atoms with Crippen LogP contribution in [0, 0.1) is 0 Å². The molecular formula is C16H24Cl2. The Bertz CT molecular complexity index is 306. The summed E-state index contributed by atoms with van der Waals surface area (Å²) < 4.78 is 0. The molecule has 0 spiro atoms. The van der Waals surface area contributed by atoms with Crippen LogP contribution >= 0.6 is 23.2 Å². The van der Waals surface area contributed by atoms with Crippen LogP contribution in [0.3, 0.4) is 0 Å². The number of hydrogen-bond donors (Lipinski definition) is 0. The third-order valence-electron chi connectivity index (χ3n) is 3.26. The van der Waals surface area contributed by atoms with Gasteiger partial charge in [-0.05, 0) is 24.0 Å². The van der Waals surface area contributed by atoms with E-state index in [1.54, 1.807) is 0 Å². The maximum absolute atomic E-state index is 6.42. The van der Waals surface area contributed by atoms with Crippen LogP contribution in [-0.4, -0.2) is 0 Å². The van der Waals surface area contributed by atoms with Crippen LogP contribution in [0.5, 0.6) is 0 Å². The van der Waals surface area contributed by atoms with Crippen LogP contribution in [-0.2, 0) is 0 Å². The quantitative estimate of drug-likeness (QED) is 0.471. The predicted octanol–water partition coefficient (Wildman–Crippen LogP) is 6.63. The highest BCUT2D eigenvalue weighted by Crippen LogP contribution is 2.31. The van der Waals surface area contributed by atoms with Gasteiger partial charge in [-0.25, -0.2) is 0 Å². The largest absolute Gasteiger partial charge is 0.118 e. The normalized spacial score (nSPS) is 14.4. The molecule has 2 atom stereocenters. The Morgan fingerprint density at radius 1 is 0.889 bits per heavy atom. The van der Waals surface area contributed by atoms with Gasteiger partial charge in [-0.3, -0.25) is 0 Å². The molecule has 2 unspecified atom stereocenters. The van der Waals surface area contributed by atoms with E-state index in [4.69, 9.17) is 23.2 Å². The summed E-state index contributed by atoms with van der Waals surface area (Å²) in [5, 5.41) is 0.250. The standard InChI is InChI=1S/C16H24Cl2/c1-3-5-10-15(17)13-8-7-9-14(12-13)16(18)11-6-4-2/h7-9,12,15-16H,3-6,10-11H2,1-2H3.